The molecule has 1 atom stereocenters. The molecule has 1 aromatic heterocycles. The lowest BCUT2D eigenvalue weighted by atomic mass is 10.2. The van der Waals surface area contributed by atoms with Crippen molar-refractivity contribution >= 4 is 17.8 Å². The van der Waals surface area contributed by atoms with E-state index in [1.54, 1.807) is 0 Å². The quantitative estimate of drug-likeness (QED) is 0.468. The van der Waals surface area contributed by atoms with Crippen LogP contribution in [0.1, 0.15) is 16.9 Å². The smallest absolute Gasteiger partial charge is 0.326 e. The van der Waals surface area contributed by atoms with Gasteiger partial charge in [0.05, 0.1) is 12.6 Å². The second-order valence-corrected chi connectivity index (χ2v) is 3.33. The summed E-state index contributed by atoms with van der Waals surface area (Å²) in [7, 11) is 0. The molecule has 0 bridgehead atoms. The van der Waals surface area contributed by atoms with Crippen molar-refractivity contribution < 1.29 is 19.5 Å². The fourth-order valence-electron chi connectivity index (χ4n) is 1.10. The molecule has 1 aromatic rings. The number of carbonyl (C=O) groups is 3. The Morgan fingerprint density at radius 3 is 2.61 bits per heavy atom. The Morgan fingerprint density at radius 2 is 2.17 bits per heavy atom. The molecule has 0 unspecified atom stereocenters. The molecule has 0 fully saturated rings. The molecule has 96 valence electrons. The van der Waals surface area contributed by atoms with Gasteiger partial charge in [0.2, 0.25) is 5.91 Å². The molecule has 2 amide bonds. The topological polar surface area (TPSA) is 155 Å². The number of rotatable bonds is 5. The minimum absolute atomic E-state index is 0.176. The Balaban J connectivity index is 2.78. The lowest BCUT2D eigenvalue weighted by Crippen LogP contribution is -2.43. The maximum Gasteiger partial charge on any atom is 0.326 e. The molecule has 9 heteroatoms. The van der Waals surface area contributed by atoms with Crippen molar-refractivity contribution in [3.8, 4) is 0 Å². The van der Waals surface area contributed by atoms with Gasteiger partial charge in [-0.25, -0.2) is 9.78 Å². The van der Waals surface area contributed by atoms with Crippen LogP contribution in [0, 0.1) is 0 Å². The largest absolute Gasteiger partial charge is 0.480 e. The SMILES string of the molecule is NC(=O)C[C@@H](NC(=O)c1c[nH]c(=O)cn1)C(=O)O. The van der Waals surface area contributed by atoms with E-state index in [1.165, 1.54) is 0 Å². The van der Waals surface area contributed by atoms with Crippen LogP contribution in [0.4, 0.5) is 0 Å². The molecule has 1 rings (SSSR count). The molecule has 18 heavy (non-hydrogen) atoms. The average Bonchev–Trinajstić information content (AvgIpc) is 2.28. The van der Waals surface area contributed by atoms with Crippen molar-refractivity contribution in [3.05, 3.63) is 28.4 Å². The van der Waals surface area contributed by atoms with Gasteiger partial charge in [-0.1, -0.05) is 0 Å². The molecule has 9 nitrogen and oxygen atoms in total. The number of primary amides is 1. The van der Waals surface area contributed by atoms with Gasteiger partial charge in [-0.15, -0.1) is 0 Å². The Hall–Kier alpha value is -2.71. The van der Waals surface area contributed by atoms with Gasteiger partial charge in [-0.3, -0.25) is 14.4 Å². The summed E-state index contributed by atoms with van der Waals surface area (Å²) in [4.78, 5) is 49.3. The van der Waals surface area contributed by atoms with Crippen LogP contribution >= 0.6 is 0 Å². The highest BCUT2D eigenvalue weighted by Gasteiger charge is 2.23. The molecule has 0 aliphatic rings. The maximum atomic E-state index is 11.5. The van der Waals surface area contributed by atoms with E-state index in [0.717, 1.165) is 12.4 Å². The van der Waals surface area contributed by atoms with Crippen LogP contribution in [-0.2, 0) is 9.59 Å². The van der Waals surface area contributed by atoms with Gasteiger partial charge in [0.1, 0.15) is 11.7 Å². The fourth-order valence-corrected chi connectivity index (χ4v) is 1.10. The number of nitrogens with two attached hydrogens (primary N) is 1. The second-order valence-electron chi connectivity index (χ2n) is 3.33. The molecule has 0 radical (unpaired) electrons. The molecule has 0 saturated carbocycles. The van der Waals surface area contributed by atoms with Crippen LogP contribution < -0.4 is 16.6 Å². The molecular formula is C9H10N4O5. The number of carbonyl (C=O) groups excluding carboxylic acids is 2. The summed E-state index contributed by atoms with van der Waals surface area (Å²) >= 11 is 0. The van der Waals surface area contributed by atoms with E-state index in [9.17, 15) is 19.2 Å². The normalized spacial score (nSPS) is 11.6. The zero-order valence-corrected chi connectivity index (χ0v) is 9.04. The Labute approximate surface area is 100 Å². The zero-order chi connectivity index (χ0) is 13.7. The Bertz CT molecular complexity index is 518. The third kappa shape index (κ3) is 3.70. The summed E-state index contributed by atoms with van der Waals surface area (Å²) in [6.07, 6.45) is 1.37. The predicted molar refractivity (Wildman–Crippen MR) is 57.6 cm³/mol. The molecule has 0 saturated heterocycles. The third-order valence-electron chi connectivity index (χ3n) is 1.91. The maximum absolute atomic E-state index is 11.5. The van der Waals surface area contributed by atoms with Gasteiger partial charge in [0, 0.05) is 6.20 Å². The Kier molecular flexibility index (Phi) is 4.13. The highest BCUT2D eigenvalue weighted by Crippen LogP contribution is 1.95. The lowest BCUT2D eigenvalue weighted by molar-refractivity contribution is -0.140. The number of aromatic amines is 1. The van der Waals surface area contributed by atoms with Crippen LogP contribution in [0.3, 0.4) is 0 Å². The lowest BCUT2D eigenvalue weighted by Gasteiger charge is -2.11. The summed E-state index contributed by atoms with van der Waals surface area (Å²) in [6.45, 7) is 0. The van der Waals surface area contributed by atoms with E-state index in [-0.39, 0.29) is 5.69 Å². The van der Waals surface area contributed by atoms with E-state index in [1.807, 2.05) is 0 Å². The molecule has 0 aromatic carbocycles. The Morgan fingerprint density at radius 1 is 1.50 bits per heavy atom. The van der Waals surface area contributed by atoms with Gasteiger partial charge >= 0.3 is 5.97 Å². The van der Waals surface area contributed by atoms with Gasteiger partial charge in [0.15, 0.2) is 0 Å². The number of aromatic nitrogens is 2. The number of aliphatic carboxylic acids is 1. The predicted octanol–water partition coefficient (Wildman–Crippen LogP) is -2.17. The molecule has 0 aliphatic heterocycles. The van der Waals surface area contributed by atoms with E-state index >= 15 is 0 Å². The van der Waals surface area contributed by atoms with Crippen LogP contribution in [-0.4, -0.2) is 38.9 Å². The minimum atomic E-state index is -1.44. The molecule has 1 heterocycles. The van der Waals surface area contributed by atoms with E-state index < -0.39 is 35.8 Å². The van der Waals surface area contributed by atoms with Crippen LogP contribution in [0.25, 0.3) is 0 Å². The molecule has 0 aliphatic carbocycles. The summed E-state index contributed by atoms with van der Waals surface area (Å²) in [5.41, 5.74) is 4.17. The standard InChI is InChI=1S/C9H10N4O5/c10-6(14)1-4(9(17)18)13-8(16)5-2-12-7(15)3-11-5/h2-4H,1H2,(H2,10,14)(H,12,15)(H,13,16)(H,17,18)/t4-/m1/s1. The van der Waals surface area contributed by atoms with Crippen LogP contribution in [0.2, 0.25) is 0 Å². The first-order valence-electron chi connectivity index (χ1n) is 4.77. The molecular weight excluding hydrogens is 244 g/mol. The van der Waals surface area contributed by atoms with Gasteiger partial charge in [-0.05, 0) is 0 Å². The van der Waals surface area contributed by atoms with E-state index in [2.05, 4.69) is 15.3 Å². The van der Waals surface area contributed by atoms with Gasteiger partial charge in [-0.2, -0.15) is 0 Å². The molecule has 0 spiro atoms. The van der Waals surface area contributed by atoms with Gasteiger partial charge < -0.3 is 21.1 Å². The van der Waals surface area contributed by atoms with Crippen molar-refractivity contribution in [2.75, 3.05) is 0 Å². The first-order chi connectivity index (χ1) is 8.40. The monoisotopic (exact) mass is 254 g/mol. The highest BCUT2D eigenvalue weighted by atomic mass is 16.4. The molecule has 5 N–H and O–H groups in total. The van der Waals surface area contributed by atoms with Gasteiger partial charge in [0.25, 0.3) is 11.5 Å². The van der Waals surface area contributed by atoms with Crippen LogP contribution in [0.15, 0.2) is 17.2 Å². The first-order valence-corrected chi connectivity index (χ1v) is 4.77. The minimum Gasteiger partial charge on any atom is -0.480 e. The highest BCUT2D eigenvalue weighted by molar-refractivity contribution is 5.95. The van der Waals surface area contributed by atoms with E-state index in [4.69, 9.17) is 10.8 Å². The first kappa shape index (κ1) is 13.4. The number of hydrogen-bond donors (Lipinski definition) is 4. The second kappa shape index (κ2) is 5.57. The summed E-state index contributed by atoms with van der Waals surface area (Å²) in [6, 6.07) is -1.44. The average molecular weight is 254 g/mol. The van der Waals surface area contributed by atoms with Crippen molar-refractivity contribution in [2.45, 2.75) is 12.5 Å². The number of amides is 2. The third-order valence-corrected chi connectivity index (χ3v) is 1.91. The van der Waals surface area contributed by atoms with Crippen molar-refractivity contribution in [1.82, 2.24) is 15.3 Å². The van der Waals surface area contributed by atoms with Crippen molar-refractivity contribution in [1.29, 1.82) is 0 Å². The fraction of sp³-hybridized carbons (Fsp3) is 0.222. The van der Waals surface area contributed by atoms with Crippen molar-refractivity contribution in [2.24, 2.45) is 5.73 Å². The summed E-state index contributed by atoms with van der Waals surface area (Å²) in [5.74, 6) is -3.09. The van der Waals surface area contributed by atoms with Crippen molar-refractivity contribution in [3.63, 3.8) is 0 Å². The number of H-pyrrole nitrogens is 1. The van der Waals surface area contributed by atoms with E-state index in [0.29, 0.717) is 0 Å². The number of hydrogen-bond acceptors (Lipinski definition) is 5. The summed E-state index contributed by atoms with van der Waals surface area (Å²) < 4.78 is 0. The summed E-state index contributed by atoms with van der Waals surface area (Å²) in [5, 5.41) is 10.8. The number of nitrogens with one attached hydrogen (secondary N) is 2. The number of carboxylic acids is 1. The number of nitrogens with zero attached hydrogens (tertiary/aromatic N) is 1. The van der Waals surface area contributed by atoms with Crippen LogP contribution in [0.5, 0.6) is 0 Å². The zero-order valence-electron chi connectivity index (χ0n) is 9.04. The number of carboxylic acid groups (broad SMARTS) is 1.